The molecular weight excluding hydrogens is 208 g/mol. The number of carboxylic acid groups (broad SMARTS) is 1. The number of hydrogen-bond acceptors (Lipinski definition) is 3. The maximum atomic E-state index is 9.87. The highest BCUT2D eigenvalue weighted by Crippen LogP contribution is 1.97. The Hall–Kier alpha value is -1.03. The van der Waals surface area contributed by atoms with Gasteiger partial charge in [-0.15, -0.1) is 0 Å². The highest BCUT2D eigenvalue weighted by molar-refractivity contribution is 6.61. The zero-order valence-electron chi connectivity index (χ0n) is 8.16. The molecule has 0 bridgehead atoms. The van der Waals surface area contributed by atoms with Crippen LogP contribution in [0.4, 0.5) is 4.79 Å². The first kappa shape index (κ1) is 15.4. The Bertz CT molecular complexity index is 180. The van der Waals surface area contributed by atoms with E-state index in [0.717, 1.165) is 25.5 Å². The first-order valence-electron chi connectivity index (χ1n) is 4.23. The van der Waals surface area contributed by atoms with Gasteiger partial charge in [0.1, 0.15) is 0 Å². The fourth-order valence-corrected chi connectivity index (χ4v) is 0.655. The topological polar surface area (TPSA) is 63.6 Å². The quantitative estimate of drug-likeness (QED) is 0.441. The molecule has 0 rings (SSSR count). The third-order valence-corrected chi connectivity index (χ3v) is 1.26. The van der Waals surface area contributed by atoms with Crippen molar-refractivity contribution in [3.05, 3.63) is 12.8 Å². The van der Waals surface area contributed by atoms with Crippen molar-refractivity contribution in [1.29, 1.82) is 0 Å². The molecule has 1 N–H and O–H groups in total. The summed E-state index contributed by atoms with van der Waals surface area (Å²) in [5.74, 6) is -0.682. The minimum absolute atomic E-state index is 0.327. The Morgan fingerprint density at radius 2 is 2.07 bits per heavy atom. The molecule has 5 heteroatoms. The van der Waals surface area contributed by atoms with Crippen molar-refractivity contribution in [2.24, 2.45) is 0 Å². The molecule has 4 nitrogen and oxygen atoms in total. The van der Waals surface area contributed by atoms with Gasteiger partial charge in [-0.3, -0.25) is 4.79 Å². The normalized spacial score (nSPS) is 8.14. The third-order valence-electron chi connectivity index (χ3n) is 1.17. The summed E-state index contributed by atoms with van der Waals surface area (Å²) in [4.78, 5) is 19.4. The molecule has 0 radical (unpaired) electrons. The minimum atomic E-state index is -0.856. The molecule has 0 aliphatic rings. The maximum Gasteiger partial charge on any atom is 0.408 e. The summed E-state index contributed by atoms with van der Waals surface area (Å²) in [6, 6.07) is 0. The van der Waals surface area contributed by atoms with E-state index in [4.69, 9.17) is 5.11 Å². The van der Waals surface area contributed by atoms with Crippen LogP contribution in [0, 0.1) is 0 Å². The van der Waals surface area contributed by atoms with Crippen molar-refractivity contribution in [3.63, 3.8) is 0 Å². The molecule has 0 amide bonds. The van der Waals surface area contributed by atoms with Crippen LogP contribution in [0.25, 0.3) is 0 Å². The number of carbonyl (C=O) groups is 2. The van der Waals surface area contributed by atoms with Gasteiger partial charge in [0.15, 0.2) is 0 Å². The highest BCUT2D eigenvalue weighted by Gasteiger charge is 1.92. The van der Waals surface area contributed by atoms with E-state index in [1.165, 1.54) is 0 Å². The van der Waals surface area contributed by atoms with Crippen LogP contribution in [-0.2, 0) is 9.53 Å². The van der Waals surface area contributed by atoms with Crippen molar-refractivity contribution in [1.82, 2.24) is 0 Å². The molecule has 14 heavy (non-hydrogen) atoms. The Kier molecular flexibility index (Phi) is 13.2. The molecule has 0 fully saturated rings. The van der Waals surface area contributed by atoms with E-state index in [9.17, 15) is 9.59 Å². The minimum Gasteiger partial charge on any atom is -0.481 e. The van der Waals surface area contributed by atoms with Gasteiger partial charge in [0.25, 0.3) is 0 Å². The lowest BCUT2D eigenvalue weighted by Gasteiger charge is -1.89. The lowest BCUT2D eigenvalue weighted by molar-refractivity contribution is -0.137. The molecule has 0 aliphatic heterocycles. The van der Waals surface area contributed by atoms with Gasteiger partial charge in [0, 0.05) is 18.0 Å². The Balaban J connectivity index is 0. The van der Waals surface area contributed by atoms with Crippen LogP contribution >= 0.6 is 11.6 Å². The SMILES string of the molecule is C=COC(=O)Cl.CCCCCC(=O)O. The van der Waals surface area contributed by atoms with Crippen LogP contribution < -0.4 is 0 Å². The van der Waals surface area contributed by atoms with E-state index in [1.54, 1.807) is 0 Å². The van der Waals surface area contributed by atoms with Gasteiger partial charge in [0.05, 0.1) is 6.26 Å². The van der Waals surface area contributed by atoms with Crippen molar-refractivity contribution in [2.75, 3.05) is 0 Å². The first-order chi connectivity index (χ1) is 6.54. The van der Waals surface area contributed by atoms with Gasteiger partial charge in [-0.2, -0.15) is 0 Å². The van der Waals surface area contributed by atoms with E-state index in [-0.39, 0.29) is 0 Å². The van der Waals surface area contributed by atoms with Gasteiger partial charge < -0.3 is 9.84 Å². The lowest BCUT2D eigenvalue weighted by Crippen LogP contribution is -1.92. The number of aliphatic carboxylic acids is 1. The van der Waals surface area contributed by atoms with E-state index in [0.29, 0.717) is 6.42 Å². The molecule has 82 valence electrons. The summed E-state index contributed by atoms with van der Waals surface area (Å²) in [6.07, 6.45) is 4.24. The summed E-state index contributed by atoms with van der Waals surface area (Å²) >= 11 is 4.65. The van der Waals surface area contributed by atoms with E-state index >= 15 is 0 Å². The standard InChI is InChI=1S/C6H12O2.C3H3ClO2/c1-2-3-4-5-6(7)8;1-2-6-3(4)5/h2-5H2,1H3,(H,7,8);2H,1H2. The summed E-state index contributed by atoms with van der Waals surface area (Å²) < 4.78 is 3.93. The lowest BCUT2D eigenvalue weighted by atomic mass is 10.2. The van der Waals surface area contributed by atoms with Crippen molar-refractivity contribution >= 4 is 23.0 Å². The second kappa shape index (κ2) is 12.0. The predicted molar refractivity (Wildman–Crippen MR) is 54.3 cm³/mol. The van der Waals surface area contributed by atoms with Gasteiger partial charge in [-0.25, -0.2) is 4.79 Å². The van der Waals surface area contributed by atoms with Crippen LogP contribution in [0.1, 0.15) is 32.6 Å². The molecule has 0 heterocycles. The summed E-state index contributed by atoms with van der Waals surface area (Å²) in [6.45, 7) is 5.13. The van der Waals surface area contributed by atoms with Crippen molar-refractivity contribution < 1.29 is 19.4 Å². The number of rotatable bonds is 5. The largest absolute Gasteiger partial charge is 0.481 e. The predicted octanol–water partition coefficient (Wildman–Crippen LogP) is 3.16. The van der Waals surface area contributed by atoms with E-state index < -0.39 is 11.4 Å². The fourth-order valence-electron chi connectivity index (χ4n) is 0.592. The van der Waals surface area contributed by atoms with E-state index in [2.05, 4.69) is 29.8 Å². The van der Waals surface area contributed by atoms with Gasteiger partial charge in [-0.05, 0) is 6.42 Å². The summed E-state index contributed by atoms with van der Waals surface area (Å²) in [7, 11) is 0. The molecule has 0 spiro atoms. The van der Waals surface area contributed by atoms with Crippen LogP contribution in [0.2, 0.25) is 0 Å². The van der Waals surface area contributed by atoms with Crippen LogP contribution in [0.3, 0.4) is 0 Å². The monoisotopic (exact) mass is 222 g/mol. The Morgan fingerprint density at radius 1 is 1.50 bits per heavy atom. The molecule has 0 atom stereocenters. The number of carbonyl (C=O) groups excluding carboxylic acids is 1. The Morgan fingerprint density at radius 3 is 2.29 bits per heavy atom. The van der Waals surface area contributed by atoms with Gasteiger partial charge in [-0.1, -0.05) is 26.3 Å². The van der Waals surface area contributed by atoms with Gasteiger partial charge >= 0.3 is 11.4 Å². The summed E-state index contributed by atoms with van der Waals surface area (Å²) in [5.41, 5.74) is -0.856. The van der Waals surface area contributed by atoms with Gasteiger partial charge in [0.2, 0.25) is 0 Å². The number of carboxylic acids is 1. The molecule has 0 aliphatic carbocycles. The molecule has 0 unspecified atom stereocenters. The molecule has 0 aromatic carbocycles. The molecular formula is C9H15ClO4. The van der Waals surface area contributed by atoms with E-state index in [1.807, 2.05) is 0 Å². The average molecular weight is 223 g/mol. The number of ether oxygens (including phenoxy) is 1. The second-order valence-electron chi connectivity index (χ2n) is 2.37. The average Bonchev–Trinajstić information content (AvgIpc) is 2.05. The highest BCUT2D eigenvalue weighted by atomic mass is 35.5. The Labute approximate surface area is 88.5 Å². The van der Waals surface area contributed by atoms with Crippen molar-refractivity contribution in [2.45, 2.75) is 32.6 Å². The number of hydrogen-bond donors (Lipinski definition) is 1. The number of unbranched alkanes of at least 4 members (excludes halogenated alkanes) is 2. The second-order valence-corrected chi connectivity index (χ2v) is 2.68. The van der Waals surface area contributed by atoms with Crippen LogP contribution in [-0.4, -0.2) is 16.5 Å². The van der Waals surface area contributed by atoms with Crippen LogP contribution in [0.5, 0.6) is 0 Å². The zero-order valence-corrected chi connectivity index (χ0v) is 8.92. The van der Waals surface area contributed by atoms with Crippen LogP contribution in [0.15, 0.2) is 12.8 Å². The first-order valence-corrected chi connectivity index (χ1v) is 4.61. The molecule has 0 aromatic heterocycles. The maximum absolute atomic E-state index is 9.87. The van der Waals surface area contributed by atoms with Crippen molar-refractivity contribution in [3.8, 4) is 0 Å². The fraction of sp³-hybridized carbons (Fsp3) is 0.556. The third kappa shape index (κ3) is 22.4. The summed E-state index contributed by atoms with van der Waals surface area (Å²) in [5, 5.41) is 8.14. The smallest absolute Gasteiger partial charge is 0.408 e. The number of halogens is 1. The molecule has 0 saturated carbocycles. The zero-order chi connectivity index (χ0) is 11.4. The molecule has 0 aromatic rings. The molecule has 0 saturated heterocycles.